The van der Waals surface area contributed by atoms with Crippen molar-refractivity contribution < 1.29 is 29.6 Å². The average molecular weight is 235 g/mol. The van der Waals surface area contributed by atoms with Crippen molar-refractivity contribution in [1.82, 2.24) is 5.32 Å². The summed E-state index contributed by atoms with van der Waals surface area (Å²) in [4.78, 5) is 10.9. The molecule has 0 spiro atoms. The molecule has 7 heteroatoms. The molecule has 0 aromatic heterocycles. The van der Waals surface area contributed by atoms with Crippen LogP contribution in [0.2, 0.25) is 0 Å². The molecule has 4 N–H and O–H groups in total. The molecule has 1 aliphatic rings. The molecule has 0 aliphatic carbocycles. The minimum atomic E-state index is -1.27. The maximum Gasteiger partial charge on any atom is 0.217 e. The van der Waals surface area contributed by atoms with Gasteiger partial charge in [0.25, 0.3) is 0 Å². The van der Waals surface area contributed by atoms with Gasteiger partial charge in [-0.2, -0.15) is 0 Å². The molecule has 5 atom stereocenters. The predicted molar refractivity (Wildman–Crippen MR) is 52.4 cm³/mol. The topological polar surface area (TPSA) is 108 Å². The summed E-state index contributed by atoms with van der Waals surface area (Å²) in [5.74, 6) is -0.371. The normalized spacial score (nSPS) is 39.4. The Balaban J connectivity index is 2.77. The molecule has 16 heavy (non-hydrogen) atoms. The fourth-order valence-corrected chi connectivity index (χ4v) is 1.67. The largest absolute Gasteiger partial charge is 0.394 e. The highest BCUT2D eigenvalue weighted by atomic mass is 16.7. The molecule has 0 radical (unpaired) electrons. The Morgan fingerprint density at radius 2 is 2.06 bits per heavy atom. The highest BCUT2D eigenvalue weighted by Gasteiger charge is 2.44. The van der Waals surface area contributed by atoms with Gasteiger partial charge in [0.2, 0.25) is 5.91 Å². The predicted octanol–water partition coefficient (Wildman–Crippen LogP) is -2.42. The number of carbonyl (C=O) groups is 1. The number of hydrogen-bond acceptors (Lipinski definition) is 6. The van der Waals surface area contributed by atoms with Gasteiger partial charge in [0, 0.05) is 14.0 Å². The zero-order valence-electron chi connectivity index (χ0n) is 9.16. The second-order valence-corrected chi connectivity index (χ2v) is 3.67. The quantitative estimate of drug-likeness (QED) is 0.433. The van der Waals surface area contributed by atoms with Crippen LogP contribution in [0.5, 0.6) is 0 Å². The number of amides is 1. The van der Waals surface area contributed by atoms with E-state index >= 15 is 0 Å². The van der Waals surface area contributed by atoms with Gasteiger partial charge in [-0.25, -0.2) is 0 Å². The SMILES string of the molecule is CO[C@@H]1OC(CO)[C@H](O)C(O)C1NC(C)=O. The highest BCUT2D eigenvalue weighted by molar-refractivity contribution is 5.73. The second kappa shape index (κ2) is 5.55. The van der Waals surface area contributed by atoms with Crippen molar-refractivity contribution in [3.05, 3.63) is 0 Å². The Labute approximate surface area is 93.0 Å². The van der Waals surface area contributed by atoms with Crippen LogP contribution in [0, 0.1) is 0 Å². The van der Waals surface area contributed by atoms with E-state index in [4.69, 9.17) is 14.6 Å². The van der Waals surface area contributed by atoms with Gasteiger partial charge < -0.3 is 30.1 Å². The molecule has 1 fully saturated rings. The van der Waals surface area contributed by atoms with Crippen LogP contribution >= 0.6 is 0 Å². The molecule has 94 valence electrons. The van der Waals surface area contributed by atoms with E-state index in [1.165, 1.54) is 14.0 Å². The van der Waals surface area contributed by atoms with E-state index in [2.05, 4.69) is 5.32 Å². The molecule has 0 saturated carbocycles. The Hall–Kier alpha value is -0.730. The van der Waals surface area contributed by atoms with Gasteiger partial charge in [-0.1, -0.05) is 0 Å². The highest BCUT2D eigenvalue weighted by Crippen LogP contribution is 2.21. The van der Waals surface area contributed by atoms with E-state index in [-0.39, 0.29) is 5.91 Å². The summed E-state index contributed by atoms with van der Waals surface area (Å²) < 4.78 is 10.1. The lowest BCUT2D eigenvalue weighted by Gasteiger charge is -2.41. The summed E-state index contributed by atoms with van der Waals surface area (Å²) in [7, 11) is 1.35. The first kappa shape index (κ1) is 13.3. The second-order valence-electron chi connectivity index (χ2n) is 3.67. The van der Waals surface area contributed by atoms with Crippen LogP contribution in [0.15, 0.2) is 0 Å². The number of methoxy groups -OCH3 is 1. The monoisotopic (exact) mass is 235 g/mol. The molecule has 0 bridgehead atoms. The Morgan fingerprint density at radius 1 is 1.44 bits per heavy atom. The summed E-state index contributed by atoms with van der Waals surface area (Å²) in [5, 5.41) is 30.7. The lowest BCUT2D eigenvalue weighted by atomic mass is 9.97. The smallest absolute Gasteiger partial charge is 0.217 e. The van der Waals surface area contributed by atoms with Gasteiger partial charge in [-0.3, -0.25) is 4.79 Å². The maximum absolute atomic E-state index is 10.9. The van der Waals surface area contributed by atoms with E-state index in [1.54, 1.807) is 0 Å². The first-order valence-corrected chi connectivity index (χ1v) is 4.93. The zero-order valence-corrected chi connectivity index (χ0v) is 9.16. The Morgan fingerprint density at radius 3 is 2.50 bits per heavy atom. The van der Waals surface area contributed by atoms with E-state index in [0.29, 0.717) is 0 Å². The van der Waals surface area contributed by atoms with Gasteiger partial charge in [0.15, 0.2) is 6.29 Å². The van der Waals surface area contributed by atoms with Crippen LogP contribution in [0.25, 0.3) is 0 Å². The molecular weight excluding hydrogens is 218 g/mol. The minimum Gasteiger partial charge on any atom is -0.394 e. The molecular formula is C9H17NO6. The molecule has 7 nitrogen and oxygen atoms in total. The fraction of sp³-hybridized carbons (Fsp3) is 0.889. The van der Waals surface area contributed by atoms with Crippen LogP contribution in [0.4, 0.5) is 0 Å². The summed E-state index contributed by atoms with van der Waals surface area (Å²) in [5.41, 5.74) is 0. The Kier molecular flexibility index (Phi) is 4.63. The maximum atomic E-state index is 10.9. The molecule has 1 saturated heterocycles. The van der Waals surface area contributed by atoms with Crippen molar-refractivity contribution in [3.8, 4) is 0 Å². The average Bonchev–Trinajstić information content (AvgIpc) is 2.25. The van der Waals surface area contributed by atoms with E-state index in [1.807, 2.05) is 0 Å². The molecule has 1 heterocycles. The fourth-order valence-electron chi connectivity index (χ4n) is 1.67. The van der Waals surface area contributed by atoms with Crippen LogP contribution < -0.4 is 5.32 Å². The van der Waals surface area contributed by atoms with Crippen molar-refractivity contribution in [2.45, 2.75) is 37.6 Å². The molecule has 1 aliphatic heterocycles. The number of ether oxygens (including phenoxy) is 2. The number of rotatable bonds is 3. The minimum absolute atomic E-state index is 0.371. The van der Waals surface area contributed by atoms with Crippen LogP contribution in [0.3, 0.4) is 0 Å². The van der Waals surface area contributed by atoms with E-state index in [0.717, 1.165) is 0 Å². The lowest BCUT2D eigenvalue weighted by Crippen LogP contribution is -2.64. The molecule has 1 amide bonds. The van der Waals surface area contributed by atoms with Crippen molar-refractivity contribution >= 4 is 5.91 Å². The summed E-state index contributed by atoms with van der Waals surface area (Å²) in [6.07, 6.45) is -4.35. The lowest BCUT2D eigenvalue weighted by molar-refractivity contribution is -0.262. The van der Waals surface area contributed by atoms with Crippen LogP contribution in [0.1, 0.15) is 6.92 Å². The third-order valence-corrected chi connectivity index (χ3v) is 2.48. The van der Waals surface area contributed by atoms with Crippen LogP contribution in [-0.2, 0) is 14.3 Å². The van der Waals surface area contributed by atoms with E-state index < -0.39 is 37.3 Å². The third kappa shape index (κ3) is 2.69. The van der Waals surface area contributed by atoms with Gasteiger partial charge in [-0.05, 0) is 0 Å². The molecule has 0 aromatic carbocycles. The van der Waals surface area contributed by atoms with E-state index in [9.17, 15) is 15.0 Å². The van der Waals surface area contributed by atoms with Gasteiger partial charge >= 0.3 is 0 Å². The number of carbonyl (C=O) groups excluding carboxylic acids is 1. The summed E-state index contributed by atoms with van der Waals surface area (Å²) in [6, 6.07) is -0.861. The third-order valence-electron chi connectivity index (χ3n) is 2.48. The van der Waals surface area contributed by atoms with Crippen molar-refractivity contribution in [3.63, 3.8) is 0 Å². The molecule has 1 rings (SSSR count). The first-order valence-electron chi connectivity index (χ1n) is 4.93. The molecule has 0 aromatic rings. The number of aliphatic hydroxyl groups is 3. The Bertz CT molecular complexity index is 246. The van der Waals surface area contributed by atoms with Crippen molar-refractivity contribution in [2.75, 3.05) is 13.7 Å². The van der Waals surface area contributed by atoms with Crippen molar-refractivity contribution in [2.24, 2.45) is 0 Å². The van der Waals surface area contributed by atoms with Gasteiger partial charge in [0.1, 0.15) is 24.4 Å². The number of nitrogens with one attached hydrogen (secondary N) is 1. The first-order chi connectivity index (χ1) is 7.51. The van der Waals surface area contributed by atoms with Crippen LogP contribution in [-0.4, -0.2) is 65.6 Å². The van der Waals surface area contributed by atoms with Gasteiger partial charge in [-0.15, -0.1) is 0 Å². The standard InChI is InChI=1S/C9H17NO6/c1-4(12)10-6-8(14)7(13)5(3-11)16-9(6)15-2/h5-9,11,13-14H,3H2,1-2H3,(H,10,12)/t5?,6?,7-,8?,9+/m0/s1. The number of aliphatic hydroxyl groups excluding tert-OH is 3. The van der Waals surface area contributed by atoms with Crippen molar-refractivity contribution in [1.29, 1.82) is 0 Å². The summed E-state index contributed by atoms with van der Waals surface area (Å²) in [6.45, 7) is 0.842. The summed E-state index contributed by atoms with van der Waals surface area (Å²) >= 11 is 0. The van der Waals surface area contributed by atoms with Gasteiger partial charge in [0.05, 0.1) is 6.61 Å². The number of hydrogen-bond donors (Lipinski definition) is 4. The molecule has 3 unspecified atom stereocenters. The zero-order chi connectivity index (χ0) is 12.3.